The van der Waals surface area contributed by atoms with Crippen LogP contribution in [0.1, 0.15) is 23.3 Å². The molecule has 1 aromatic heterocycles. The number of likely N-dealkylation sites (tertiary alicyclic amines) is 1. The van der Waals surface area contributed by atoms with Gasteiger partial charge in [0.05, 0.1) is 12.6 Å². The molecule has 0 bridgehead atoms. The van der Waals surface area contributed by atoms with Crippen LogP contribution in [0.25, 0.3) is 11.3 Å². The van der Waals surface area contributed by atoms with Crippen molar-refractivity contribution in [2.45, 2.75) is 18.9 Å². The highest BCUT2D eigenvalue weighted by atomic mass is 19.1. The maximum Gasteiger partial charge on any atom is 0.276 e. The molecule has 0 aliphatic carbocycles. The third-order valence-electron chi connectivity index (χ3n) is 3.71. The van der Waals surface area contributed by atoms with Gasteiger partial charge in [-0.1, -0.05) is 5.16 Å². The summed E-state index contributed by atoms with van der Waals surface area (Å²) in [7, 11) is 0. The van der Waals surface area contributed by atoms with E-state index in [4.69, 9.17) is 4.52 Å². The Morgan fingerprint density at radius 3 is 2.90 bits per heavy atom. The summed E-state index contributed by atoms with van der Waals surface area (Å²) < 4.78 is 18.0. The van der Waals surface area contributed by atoms with Crippen molar-refractivity contribution in [3.05, 3.63) is 41.8 Å². The molecule has 1 aliphatic rings. The van der Waals surface area contributed by atoms with E-state index >= 15 is 0 Å². The van der Waals surface area contributed by atoms with Crippen molar-refractivity contribution < 1.29 is 18.8 Å². The number of halogens is 1. The molecule has 1 aromatic carbocycles. The van der Waals surface area contributed by atoms with Crippen LogP contribution in [0.3, 0.4) is 0 Å². The number of aliphatic hydroxyl groups is 1. The minimum atomic E-state index is -0.336. The van der Waals surface area contributed by atoms with Gasteiger partial charge in [-0.3, -0.25) is 4.79 Å². The number of hydrogen-bond donors (Lipinski definition) is 1. The van der Waals surface area contributed by atoms with Crippen LogP contribution in [-0.4, -0.2) is 40.3 Å². The molecule has 1 amide bonds. The number of carbonyl (C=O) groups is 1. The molecular weight excluding hydrogens is 275 g/mol. The van der Waals surface area contributed by atoms with Crippen LogP contribution in [-0.2, 0) is 0 Å². The average molecular weight is 290 g/mol. The summed E-state index contributed by atoms with van der Waals surface area (Å²) in [5, 5.41) is 13.1. The molecule has 6 heteroatoms. The molecule has 0 spiro atoms. The molecule has 3 rings (SSSR count). The Kier molecular flexibility index (Phi) is 3.70. The average Bonchev–Trinajstić information content (AvgIpc) is 3.16. The summed E-state index contributed by atoms with van der Waals surface area (Å²) in [6, 6.07) is 7.17. The normalized spacial score (nSPS) is 18.2. The van der Waals surface area contributed by atoms with Gasteiger partial charge < -0.3 is 14.5 Å². The van der Waals surface area contributed by atoms with E-state index in [-0.39, 0.29) is 30.1 Å². The smallest absolute Gasteiger partial charge is 0.276 e. The van der Waals surface area contributed by atoms with Gasteiger partial charge in [0.25, 0.3) is 5.91 Å². The summed E-state index contributed by atoms with van der Waals surface area (Å²) >= 11 is 0. The largest absolute Gasteiger partial charge is 0.394 e. The minimum Gasteiger partial charge on any atom is -0.394 e. The van der Waals surface area contributed by atoms with Gasteiger partial charge in [0.2, 0.25) is 0 Å². The molecule has 1 fully saturated rings. The Morgan fingerprint density at radius 2 is 2.19 bits per heavy atom. The number of rotatable bonds is 3. The Morgan fingerprint density at radius 1 is 1.43 bits per heavy atom. The highest BCUT2D eigenvalue weighted by Gasteiger charge is 2.30. The highest BCUT2D eigenvalue weighted by molar-refractivity contribution is 5.93. The quantitative estimate of drug-likeness (QED) is 0.939. The molecule has 2 aromatic rings. The van der Waals surface area contributed by atoms with Crippen LogP contribution in [0.15, 0.2) is 34.9 Å². The molecule has 2 heterocycles. The topological polar surface area (TPSA) is 66.6 Å². The maximum atomic E-state index is 12.9. The first kappa shape index (κ1) is 13.8. The lowest BCUT2D eigenvalue weighted by atomic mass is 10.1. The molecule has 1 N–H and O–H groups in total. The molecule has 0 saturated carbocycles. The lowest BCUT2D eigenvalue weighted by molar-refractivity contribution is 0.0667. The van der Waals surface area contributed by atoms with E-state index in [1.165, 1.54) is 12.1 Å². The van der Waals surface area contributed by atoms with Crippen molar-refractivity contribution in [3.63, 3.8) is 0 Å². The zero-order chi connectivity index (χ0) is 14.8. The number of nitrogens with zero attached hydrogens (tertiary/aromatic N) is 2. The van der Waals surface area contributed by atoms with Gasteiger partial charge in [-0.15, -0.1) is 0 Å². The summed E-state index contributed by atoms with van der Waals surface area (Å²) in [5.74, 6) is -0.167. The predicted octanol–water partition coefficient (Wildman–Crippen LogP) is 2.08. The number of benzene rings is 1. The highest BCUT2D eigenvalue weighted by Crippen LogP contribution is 2.24. The lowest BCUT2D eigenvalue weighted by Gasteiger charge is -2.21. The van der Waals surface area contributed by atoms with Crippen molar-refractivity contribution in [2.75, 3.05) is 13.2 Å². The van der Waals surface area contributed by atoms with E-state index in [1.807, 2.05) is 0 Å². The molecule has 1 unspecified atom stereocenters. The van der Waals surface area contributed by atoms with Gasteiger partial charge in [0, 0.05) is 18.2 Å². The number of carbonyl (C=O) groups excluding carboxylic acids is 1. The zero-order valence-electron chi connectivity index (χ0n) is 11.3. The Balaban J connectivity index is 1.81. The number of aliphatic hydroxyl groups excluding tert-OH is 1. The number of hydrogen-bond acceptors (Lipinski definition) is 4. The fraction of sp³-hybridized carbons (Fsp3) is 0.333. The summed E-state index contributed by atoms with van der Waals surface area (Å²) in [5.41, 5.74) is 0.859. The van der Waals surface area contributed by atoms with Gasteiger partial charge in [-0.05, 0) is 37.1 Å². The van der Waals surface area contributed by atoms with Gasteiger partial charge >= 0.3 is 0 Å². The first-order valence-corrected chi connectivity index (χ1v) is 6.83. The Labute approximate surface area is 121 Å². The van der Waals surface area contributed by atoms with E-state index in [2.05, 4.69) is 5.16 Å². The van der Waals surface area contributed by atoms with E-state index in [1.54, 1.807) is 23.1 Å². The van der Waals surface area contributed by atoms with Crippen LogP contribution in [0.5, 0.6) is 0 Å². The minimum absolute atomic E-state index is 0.0472. The third-order valence-corrected chi connectivity index (χ3v) is 3.71. The molecular formula is C15H15FN2O3. The second-order valence-electron chi connectivity index (χ2n) is 5.06. The molecule has 1 atom stereocenters. The molecule has 0 radical (unpaired) electrons. The van der Waals surface area contributed by atoms with Crippen molar-refractivity contribution >= 4 is 5.91 Å². The Bertz CT molecular complexity index is 639. The van der Waals surface area contributed by atoms with E-state index in [0.717, 1.165) is 12.8 Å². The first-order chi connectivity index (χ1) is 10.2. The summed E-state index contributed by atoms with van der Waals surface area (Å²) in [6.07, 6.45) is 1.67. The van der Waals surface area contributed by atoms with Crippen molar-refractivity contribution in [1.29, 1.82) is 0 Å². The predicted molar refractivity (Wildman–Crippen MR) is 73.0 cm³/mol. The summed E-state index contributed by atoms with van der Waals surface area (Å²) in [6.45, 7) is 0.567. The number of amides is 1. The van der Waals surface area contributed by atoms with E-state index < -0.39 is 0 Å². The first-order valence-electron chi connectivity index (χ1n) is 6.83. The van der Waals surface area contributed by atoms with E-state index in [9.17, 15) is 14.3 Å². The van der Waals surface area contributed by atoms with Crippen molar-refractivity contribution in [2.24, 2.45) is 0 Å². The van der Waals surface area contributed by atoms with Crippen LogP contribution in [0.2, 0.25) is 0 Å². The van der Waals surface area contributed by atoms with Crippen LogP contribution < -0.4 is 0 Å². The zero-order valence-corrected chi connectivity index (χ0v) is 11.3. The molecule has 5 nitrogen and oxygen atoms in total. The fourth-order valence-corrected chi connectivity index (χ4v) is 2.57. The maximum absolute atomic E-state index is 12.9. The van der Waals surface area contributed by atoms with Gasteiger partial charge in [-0.2, -0.15) is 0 Å². The molecule has 1 aliphatic heterocycles. The van der Waals surface area contributed by atoms with Gasteiger partial charge in [0.1, 0.15) is 5.82 Å². The monoisotopic (exact) mass is 290 g/mol. The van der Waals surface area contributed by atoms with E-state index in [0.29, 0.717) is 17.9 Å². The van der Waals surface area contributed by atoms with Crippen LogP contribution in [0, 0.1) is 5.82 Å². The number of aromatic nitrogens is 1. The fourth-order valence-electron chi connectivity index (χ4n) is 2.57. The van der Waals surface area contributed by atoms with Crippen molar-refractivity contribution in [1.82, 2.24) is 10.1 Å². The van der Waals surface area contributed by atoms with Gasteiger partial charge in [0.15, 0.2) is 11.5 Å². The SMILES string of the molecule is O=C(c1cc(-c2ccc(F)cc2)on1)N1CCCC1CO. The molecule has 110 valence electrons. The Hall–Kier alpha value is -2.21. The lowest BCUT2D eigenvalue weighted by Crippen LogP contribution is -2.37. The van der Waals surface area contributed by atoms with Crippen LogP contribution >= 0.6 is 0 Å². The molecule has 1 saturated heterocycles. The third kappa shape index (κ3) is 2.67. The van der Waals surface area contributed by atoms with Crippen molar-refractivity contribution in [3.8, 4) is 11.3 Å². The molecule has 21 heavy (non-hydrogen) atoms. The van der Waals surface area contributed by atoms with Gasteiger partial charge in [-0.25, -0.2) is 4.39 Å². The standard InChI is InChI=1S/C15H15FN2O3/c16-11-5-3-10(4-6-11)14-8-13(17-21-14)15(20)18-7-1-2-12(18)9-19/h3-6,8,12,19H,1-2,7,9H2. The van der Waals surface area contributed by atoms with Crippen LogP contribution in [0.4, 0.5) is 4.39 Å². The second kappa shape index (κ2) is 5.65. The summed E-state index contributed by atoms with van der Waals surface area (Å²) in [4.78, 5) is 14.0. The second-order valence-corrected chi connectivity index (χ2v) is 5.06.